The summed E-state index contributed by atoms with van der Waals surface area (Å²) in [6, 6.07) is 13.2. The summed E-state index contributed by atoms with van der Waals surface area (Å²) in [4.78, 5) is 51.7. The number of hydrogen-bond acceptors (Lipinski definition) is 5. The van der Waals surface area contributed by atoms with E-state index in [1.54, 1.807) is 36.4 Å². The van der Waals surface area contributed by atoms with Crippen LogP contribution in [0.3, 0.4) is 0 Å². The van der Waals surface area contributed by atoms with E-state index >= 15 is 0 Å². The van der Waals surface area contributed by atoms with Crippen molar-refractivity contribution >= 4 is 51.0 Å². The molecule has 1 saturated heterocycles. The van der Waals surface area contributed by atoms with Crippen LogP contribution in [0.1, 0.15) is 16.8 Å². The van der Waals surface area contributed by atoms with Crippen molar-refractivity contribution in [3.8, 4) is 0 Å². The Hall–Kier alpha value is -3.26. The molecule has 3 aliphatic rings. The lowest BCUT2D eigenvalue weighted by molar-refractivity contribution is -0.123. The van der Waals surface area contributed by atoms with Crippen molar-refractivity contribution in [3.63, 3.8) is 0 Å². The number of halogens is 1. The number of nitrogens with zero attached hydrogens (tertiary/aromatic N) is 1. The topological polar surface area (TPSA) is 92.8 Å². The van der Waals surface area contributed by atoms with Crippen LogP contribution in [0.15, 0.2) is 65.2 Å². The lowest BCUT2D eigenvalue weighted by atomic mass is 9.85. The Bertz CT molecular complexity index is 1130. The molecule has 0 unspecified atom stereocenters. The van der Waals surface area contributed by atoms with Gasteiger partial charge in [-0.05, 0) is 60.7 Å². The predicted molar refractivity (Wildman–Crippen MR) is 120 cm³/mol. The maximum absolute atomic E-state index is 13.0. The van der Waals surface area contributed by atoms with Gasteiger partial charge in [0.25, 0.3) is 5.91 Å². The third-order valence-electron chi connectivity index (χ3n) is 6.27. The SMILES string of the molecule is O=C(COC(=O)c1cccc(N2C(=O)[C@H]3[C@H](C2=O)[C@H]2C=C[C@H]3C2)c1)Nc1ccc(Br)cc1. The summed E-state index contributed by atoms with van der Waals surface area (Å²) >= 11 is 3.32. The minimum Gasteiger partial charge on any atom is -0.452 e. The zero-order valence-electron chi connectivity index (χ0n) is 16.9. The van der Waals surface area contributed by atoms with E-state index in [-0.39, 0.29) is 41.0 Å². The third kappa shape index (κ3) is 3.54. The van der Waals surface area contributed by atoms with E-state index < -0.39 is 18.5 Å². The molecule has 3 amide bonds. The second kappa shape index (κ2) is 8.02. The normalized spacial score (nSPS) is 25.2. The Morgan fingerprint density at radius 2 is 1.66 bits per heavy atom. The molecule has 4 atom stereocenters. The van der Waals surface area contributed by atoms with E-state index in [1.165, 1.54) is 17.0 Å². The zero-order chi connectivity index (χ0) is 22.4. The van der Waals surface area contributed by atoms with Crippen molar-refractivity contribution in [2.75, 3.05) is 16.8 Å². The molecule has 162 valence electrons. The highest BCUT2D eigenvalue weighted by atomic mass is 79.9. The monoisotopic (exact) mass is 494 g/mol. The van der Waals surface area contributed by atoms with Gasteiger partial charge in [0.2, 0.25) is 11.8 Å². The van der Waals surface area contributed by atoms with Crippen LogP contribution >= 0.6 is 15.9 Å². The zero-order valence-corrected chi connectivity index (χ0v) is 18.4. The van der Waals surface area contributed by atoms with Crippen molar-refractivity contribution in [2.45, 2.75) is 6.42 Å². The molecule has 5 rings (SSSR count). The predicted octanol–water partition coefficient (Wildman–Crippen LogP) is 3.56. The van der Waals surface area contributed by atoms with Gasteiger partial charge < -0.3 is 10.1 Å². The average molecular weight is 495 g/mol. The fraction of sp³-hybridized carbons (Fsp3) is 0.250. The largest absolute Gasteiger partial charge is 0.452 e. The fourth-order valence-electron chi connectivity index (χ4n) is 4.87. The van der Waals surface area contributed by atoms with Gasteiger partial charge in [-0.2, -0.15) is 0 Å². The summed E-state index contributed by atoms with van der Waals surface area (Å²) in [5.74, 6) is -2.00. The minimum absolute atomic E-state index is 0.115. The molecule has 2 fully saturated rings. The van der Waals surface area contributed by atoms with Crippen molar-refractivity contribution in [3.05, 3.63) is 70.7 Å². The number of esters is 1. The second-order valence-corrected chi connectivity index (χ2v) is 9.11. The number of allylic oxidation sites excluding steroid dienone is 2. The molecule has 32 heavy (non-hydrogen) atoms. The summed E-state index contributed by atoms with van der Waals surface area (Å²) in [7, 11) is 0. The molecule has 2 aromatic carbocycles. The third-order valence-corrected chi connectivity index (χ3v) is 6.80. The molecule has 2 bridgehead atoms. The highest BCUT2D eigenvalue weighted by Crippen LogP contribution is 2.53. The Labute approximate surface area is 192 Å². The Morgan fingerprint density at radius 1 is 1.00 bits per heavy atom. The summed E-state index contributed by atoms with van der Waals surface area (Å²) in [5, 5.41) is 2.64. The van der Waals surface area contributed by atoms with E-state index in [4.69, 9.17) is 4.74 Å². The number of imide groups is 1. The smallest absolute Gasteiger partial charge is 0.338 e. The van der Waals surface area contributed by atoms with Gasteiger partial charge >= 0.3 is 5.97 Å². The van der Waals surface area contributed by atoms with Gasteiger partial charge in [-0.15, -0.1) is 0 Å². The van der Waals surface area contributed by atoms with Crippen LogP contribution in [0.25, 0.3) is 0 Å². The van der Waals surface area contributed by atoms with Gasteiger partial charge in [-0.3, -0.25) is 14.4 Å². The molecule has 1 heterocycles. The van der Waals surface area contributed by atoms with Crippen LogP contribution in [0, 0.1) is 23.7 Å². The second-order valence-electron chi connectivity index (χ2n) is 8.19. The summed E-state index contributed by atoms with van der Waals surface area (Å²) < 4.78 is 6.00. The van der Waals surface area contributed by atoms with Crippen molar-refractivity contribution in [2.24, 2.45) is 23.7 Å². The number of amides is 3. The molecule has 7 nitrogen and oxygen atoms in total. The molecule has 0 aromatic heterocycles. The number of fused-ring (bicyclic) bond motifs is 5. The van der Waals surface area contributed by atoms with Crippen LogP contribution in [0.4, 0.5) is 11.4 Å². The summed E-state index contributed by atoms with van der Waals surface area (Å²) in [5.41, 5.74) is 1.09. The van der Waals surface area contributed by atoms with Gasteiger partial charge in [0, 0.05) is 10.2 Å². The van der Waals surface area contributed by atoms with Gasteiger partial charge in [-0.25, -0.2) is 9.69 Å². The van der Waals surface area contributed by atoms with Crippen molar-refractivity contribution < 1.29 is 23.9 Å². The maximum Gasteiger partial charge on any atom is 0.338 e. The molecule has 1 aliphatic heterocycles. The molecule has 8 heteroatoms. The van der Waals surface area contributed by atoms with E-state index in [2.05, 4.69) is 21.2 Å². The molecular weight excluding hydrogens is 476 g/mol. The molecule has 0 spiro atoms. The number of carbonyl (C=O) groups excluding carboxylic acids is 4. The summed E-state index contributed by atoms with van der Waals surface area (Å²) in [6.07, 6.45) is 4.93. The number of rotatable bonds is 5. The number of benzene rings is 2. The quantitative estimate of drug-likeness (QED) is 0.389. The van der Waals surface area contributed by atoms with E-state index in [9.17, 15) is 19.2 Å². The van der Waals surface area contributed by atoms with Gasteiger partial charge in [0.05, 0.1) is 23.1 Å². The fourth-order valence-corrected chi connectivity index (χ4v) is 5.14. The first-order valence-electron chi connectivity index (χ1n) is 10.3. The number of hydrogen-bond donors (Lipinski definition) is 1. The molecule has 0 radical (unpaired) electrons. The number of anilines is 2. The van der Waals surface area contributed by atoms with Crippen LogP contribution in [-0.2, 0) is 19.1 Å². The van der Waals surface area contributed by atoms with Crippen molar-refractivity contribution in [1.29, 1.82) is 0 Å². The molecule has 1 N–H and O–H groups in total. The summed E-state index contributed by atoms with van der Waals surface area (Å²) in [6.45, 7) is -0.458. The van der Waals surface area contributed by atoms with E-state index in [0.717, 1.165) is 10.9 Å². The molecule has 2 aliphatic carbocycles. The van der Waals surface area contributed by atoms with Gasteiger partial charge in [0.1, 0.15) is 0 Å². The Kier molecular flexibility index (Phi) is 5.17. The first-order chi connectivity index (χ1) is 15.4. The maximum atomic E-state index is 13.0. The molecular formula is C24H19BrN2O5. The number of ether oxygens (including phenoxy) is 1. The van der Waals surface area contributed by atoms with Crippen LogP contribution in [0.2, 0.25) is 0 Å². The minimum atomic E-state index is -0.709. The van der Waals surface area contributed by atoms with Crippen LogP contribution < -0.4 is 10.2 Å². The Morgan fingerprint density at radius 3 is 2.31 bits per heavy atom. The standard InChI is InChI=1S/C24H19BrN2O5/c25-16-6-8-17(9-7-16)26-19(28)12-32-24(31)15-2-1-3-18(11-15)27-22(29)20-13-4-5-14(10-13)21(20)23(27)30/h1-9,11,13-14,20-21H,10,12H2,(H,26,28)/t13-,14-,20+,21+/m0/s1. The lowest BCUT2D eigenvalue weighted by Crippen LogP contribution is -2.33. The van der Waals surface area contributed by atoms with E-state index in [0.29, 0.717) is 11.4 Å². The van der Waals surface area contributed by atoms with Gasteiger partial charge in [0.15, 0.2) is 6.61 Å². The molecule has 1 saturated carbocycles. The highest BCUT2D eigenvalue weighted by Gasteiger charge is 2.59. The number of carbonyl (C=O) groups is 4. The Balaban J connectivity index is 1.25. The van der Waals surface area contributed by atoms with E-state index in [1.807, 2.05) is 12.2 Å². The lowest BCUT2D eigenvalue weighted by Gasteiger charge is -2.18. The van der Waals surface area contributed by atoms with Crippen LogP contribution in [0.5, 0.6) is 0 Å². The van der Waals surface area contributed by atoms with Crippen LogP contribution in [-0.4, -0.2) is 30.3 Å². The molecule has 2 aromatic rings. The highest BCUT2D eigenvalue weighted by molar-refractivity contribution is 9.10. The number of nitrogens with one attached hydrogen (secondary N) is 1. The average Bonchev–Trinajstić information content (AvgIpc) is 3.47. The first-order valence-corrected chi connectivity index (χ1v) is 11.1. The van der Waals surface area contributed by atoms with Crippen molar-refractivity contribution in [1.82, 2.24) is 0 Å². The van der Waals surface area contributed by atoms with Gasteiger partial charge in [-0.1, -0.05) is 34.1 Å². The first kappa shape index (κ1) is 20.6.